The first-order valence-corrected chi connectivity index (χ1v) is 4.45. The number of hydrogen-bond donors (Lipinski definition) is 2. The lowest BCUT2D eigenvalue weighted by Crippen LogP contribution is -2.35. The van der Waals surface area contributed by atoms with Crippen LogP contribution in [0.4, 0.5) is 4.79 Å². The molecule has 0 saturated carbocycles. The van der Waals surface area contributed by atoms with Gasteiger partial charge in [-0.3, -0.25) is 0 Å². The fourth-order valence-electron chi connectivity index (χ4n) is 0.545. The number of nitrogens with one attached hydrogen (secondary N) is 1. The highest BCUT2D eigenvalue weighted by Gasteiger charge is 2.18. The lowest BCUT2D eigenvalue weighted by atomic mass is 11.1. The summed E-state index contributed by atoms with van der Waals surface area (Å²) in [6, 6.07) is -1.19. The smallest absolute Gasteiger partial charge is 0.326 e. The number of sulfonamides is 1. The molecule has 0 aliphatic carbocycles. The Morgan fingerprint density at radius 1 is 1.38 bits per heavy atom. The molecule has 0 aliphatic rings. The zero-order valence-corrected chi connectivity index (χ0v) is 7.02. The average molecular weight is 203 g/mol. The summed E-state index contributed by atoms with van der Waals surface area (Å²) in [7, 11) is -4.05. The third kappa shape index (κ3) is 2.33. The molecule has 1 heterocycles. The minimum Gasteiger partial charge on any atom is -0.351 e. The molecule has 2 amide bonds. The van der Waals surface area contributed by atoms with Crippen LogP contribution in [0.1, 0.15) is 0 Å². The number of hydrogen-bond acceptors (Lipinski definition) is 6. The standard InChI is InChI=1S/C4H5N5O3S/c5-3(10)9-13(11,12)4-7-1-6-2-8-4/h1-2H,(H3,5,9,10). The molecule has 0 unspecified atom stereocenters. The summed E-state index contributed by atoms with van der Waals surface area (Å²) >= 11 is 0. The van der Waals surface area contributed by atoms with E-state index in [9.17, 15) is 13.2 Å². The molecule has 0 saturated heterocycles. The van der Waals surface area contributed by atoms with Crippen molar-refractivity contribution in [1.29, 1.82) is 0 Å². The summed E-state index contributed by atoms with van der Waals surface area (Å²) in [6.45, 7) is 0. The second-order valence-corrected chi connectivity index (χ2v) is 3.47. The summed E-state index contributed by atoms with van der Waals surface area (Å²) in [6.07, 6.45) is 1.98. The van der Waals surface area contributed by atoms with Gasteiger partial charge in [-0.2, -0.15) is 8.42 Å². The lowest BCUT2D eigenvalue weighted by molar-refractivity contribution is 0.253. The highest BCUT2D eigenvalue weighted by atomic mass is 32.2. The Bertz CT molecular complexity index is 401. The minimum atomic E-state index is -4.05. The first-order chi connectivity index (χ1) is 6.02. The van der Waals surface area contributed by atoms with Gasteiger partial charge in [0.2, 0.25) is 0 Å². The highest BCUT2D eigenvalue weighted by Crippen LogP contribution is 1.95. The molecule has 0 bridgehead atoms. The number of rotatable bonds is 2. The van der Waals surface area contributed by atoms with Crippen molar-refractivity contribution in [2.45, 2.75) is 5.16 Å². The van der Waals surface area contributed by atoms with Crippen LogP contribution >= 0.6 is 0 Å². The Hall–Kier alpha value is -1.77. The zero-order chi connectivity index (χ0) is 9.90. The van der Waals surface area contributed by atoms with Crippen LogP contribution in [0.15, 0.2) is 17.8 Å². The van der Waals surface area contributed by atoms with Crippen molar-refractivity contribution in [1.82, 2.24) is 19.7 Å². The molecule has 8 nitrogen and oxygen atoms in total. The monoisotopic (exact) mass is 203 g/mol. The maximum atomic E-state index is 11.1. The maximum absolute atomic E-state index is 11.1. The lowest BCUT2D eigenvalue weighted by Gasteiger charge is -1.99. The van der Waals surface area contributed by atoms with Crippen molar-refractivity contribution in [3.8, 4) is 0 Å². The average Bonchev–Trinajstić information content (AvgIpc) is 2.04. The molecular formula is C4H5N5O3S. The normalized spacial score (nSPS) is 10.8. The van der Waals surface area contributed by atoms with Gasteiger partial charge in [-0.25, -0.2) is 24.5 Å². The number of primary amides is 1. The second kappa shape index (κ2) is 3.31. The molecule has 3 N–H and O–H groups in total. The van der Waals surface area contributed by atoms with Crippen LogP contribution in [-0.2, 0) is 10.0 Å². The van der Waals surface area contributed by atoms with Gasteiger partial charge in [0.25, 0.3) is 5.16 Å². The predicted molar refractivity (Wildman–Crippen MR) is 39.7 cm³/mol. The molecule has 1 aromatic heterocycles. The van der Waals surface area contributed by atoms with E-state index in [0.29, 0.717) is 0 Å². The van der Waals surface area contributed by atoms with Crippen LogP contribution in [0.3, 0.4) is 0 Å². The Balaban J connectivity index is 3.02. The zero-order valence-electron chi connectivity index (χ0n) is 6.21. The van der Waals surface area contributed by atoms with E-state index in [2.05, 4.69) is 20.7 Å². The van der Waals surface area contributed by atoms with Gasteiger partial charge in [0.05, 0.1) is 0 Å². The highest BCUT2D eigenvalue weighted by molar-refractivity contribution is 7.89. The van der Waals surface area contributed by atoms with E-state index in [1.165, 1.54) is 4.72 Å². The van der Waals surface area contributed by atoms with Crippen molar-refractivity contribution in [3.63, 3.8) is 0 Å². The van der Waals surface area contributed by atoms with E-state index >= 15 is 0 Å². The fraction of sp³-hybridized carbons (Fsp3) is 0. The summed E-state index contributed by atoms with van der Waals surface area (Å²) < 4.78 is 23.6. The number of nitrogens with two attached hydrogens (primary N) is 1. The van der Waals surface area contributed by atoms with Gasteiger partial charge >= 0.3 is 16.1 Å². The Kier molecular flexibility index (Phi) is 2.37. The van der Waals surface area contributed by atoms with Gasteiger partial charge in [0.1, 0.15) is 12.7 Å². The van der Waals surface area contributed by atoms with Crippen molar-refractivity contribution in [2.24, 2.45) is 5.73 Å². The van der Waals surface area contributed by atoms with Crippen LogP contribution in [0, 0.1) is 0 Å². The summed E-state index contributed by atoms with van der Waals surface area (Å²) in [5.74, 6) is 0. The molecule has 13 heavy (non-hydrogen) atoms. The van der Waals surface area contributed by atoms with Crippen LogP contribution < -0.4 is 10.5 Å². The molecule has 0 fully saturated rings. The number of nitrogens with zero attached hydrogens (tertiary/aromatic N) is 3. The predicted octanol–water partition coefficient (Wildman–Crippen LogP) is -1.77. The summed E-state index contributed by atoms with van der Waals surface area (Å²) in [4.78, 5) is 20.3. The Labute approximate surface area is 73.3 Å². The third-order valence-electron chi connectivity index (χ3n) is 0.945. The van der Waals surface area contributed by atoms with Crippen molar-refractivity contribution in [2.75, 3.05) is 0 Å². The summed E-state index contributed by atoms with van der Waals surface area (Å²) in [5.41, 5.74) is 4.62. The quantitative estimate of drug-likeness (QED) is 0.585. The molecule has 0 spiro atoms. The summed E-state index contributed by atoms with van der Waals surface area (Å²) in [5, 5.41) is -0.554. The number of aromatic nitrogens is 3. The van der Waals surface area contributed by atoms with Crippen molar-refractivity contribution < 1.29 is 13.2 Å². The molecule has 0 atom stereocenters. The van der Waals surface area contributed by atoms with Gasteiger partial charge < -0.3 is 5.73 Å². The molecular weight excluding hydrogens is 198 g/mol. The number of carbonyl (C=O) groups excluding carboxylic acids is 1. The number of urea groups is 1. The molecule has 0 aromatic carbocycles. The van der Waals surface area contributed by atoms with E-state index in [-0.39, 0.29) is 0 Å². The van der Waals surface area contributed by atoms with Gasteiger partial charge in [-0.15, -0.1) is 0 Å². The Morgan fingerprint density at radius 2 is 1.92 bits per heavy atom. The number of carbonyl (C=O) groups is 1. The number of amides is 2. The topological polar surface area (TPSA) is 128 Å². The molecule has 1 rings (SSSR count). The minimum absolute atomic E-state index is 0.554. The van der Waals surface area contributed by atoms with Gasteiger partial charge in [-0.05, 0) is 0 Å². The van der Waals surface area contributed by atoms with Crippen LogP contribution in [0.5, 0.6) is 0 Å². The first kappa shape index (κ1) is 9.32. The van der Waals surface area contributed by atoms with E-state index in [0.717, 1.165) is 12.7 Å². The second-order valence-electron chi connectivity index (χ2n) is 1.89. The molecule has 0 radical (unpaired) electrons. The SMILES string of the molecule is NC(=O)NS(=O)(=O)c1ncncn1. The third-order valence-corrected chi connectivity index (χ3v) is 2.11. The van der Waals surface area contributed by atoms with E-state index < -0.39 is 21.2 Å². The van der Waals surface area contributed by atoms with Gasteiger partial charge in [0, 0.05) is 0 Å². The molecule has 9 heteroatoms. The van der Waals surface area contributed by atoms with E-state index in [4.69, 9.17) is 0 Å². The van der Waals surface area contributed by atoms with Crippen LogP contribution in [-0.4, -0.2) is 29.4 Å². The molecule has 0 aliphatic heterocycles. The Morgan fingerprint density at radius 3 is 2.38 bits per heavy atom. The van der Waals surface area contributed by atoms with E-state index in [1.54, 1.807) is 0 Å². The van der Waals surface area contributed by atoms with Crippen LogP contribution in [0.2, 0.25) is 0 Å². The van der Waals surface area contributed by atoms with Gasteiger partial charge in [0.15, 0.2) is 0 Å². The fourth-order valence-corrected chi connectivity index (χ4v) is 1.27. The molecule has 1 aromatic rings. The van der Waals surface area contributed by atoms with Crippen LogP contribution in [0.25, 0.3) is 0 Å². The first-order valence-electron chi connectivity index (χ1n) is 2.96. The largest absolute Gasteiger partial charge is 0.351 e. The maximum Gasteiger partial charge on any atom is 0.326 e. The van der Waals surface area contributed by atoms with Crippen molar-refractivity contribution >= 4 is 16.1 Å². The van der Waals surface area contributed by atoms with Crippen molar-refractivity contribution in [3.05, 3.63) is 12.7 Å². The van der Waals surface area contributed by atoms with Gasteiger partial charge in [-0.1, -0.05) is 0 Å². The van der Waals surface area contributed by atoms with E-state index in [1.807, 2.05) is 0 Å². The molecule has 70 valence electrons.